The van der Waals surface area contributed by atoms with Gasteiger partial charge in [-0.3, -0.25) is 14.7 Å². The number of carbonyl (C=O) groups excluding carboxylic acids is 1. The minimum atomic E-state index is -0.583. The predicted octanol–water partition coefficient (Wildman–Crippen LogP) is 1.34. The highest BCUT2D eigenvalue weighted by Gasteiger charge is 2.31. The van der Waals surface area contributed by atoms with Gasteiger partial charge in [0.25, 0.3) is 5.91 Å². The number of fused-ring (bicyclic) bond motifs is 1. The summed E-state index contributed by atoms with van der Waals surface area (Å²) in [6.07, 6.45) is 7.20. The summed E-state index contributed by atoms with van der Waals surface area (Å²) in [5, 5.41) is 6.74. The maximum atomic E-state index is 13.4. The summed E-state index contributed by atoms with van der Waals surface area (Å²) >= 11 is 0. The Balaban J connectivity index is 1.34. The molecule has 5 heterocycles. The third-order valence-corrected chi connectivity index (χ3v) is 5.56. The Morgan fingerprint density at radius 3 is 3.03 bits per heavy atom. The number of piperidine rings is 1. The van der Waals surface area contributed by atoms with Crippen LogP contribution in [0.5, 0.6) is 5.75 Å². The Morgan fingerprint density at radius 2 is 2.23 bits per heavy atom. The third kappa shape index (κ3) is 3.89. The number of aromatic nitrogens is 4. The summed E-state index contributed by atoms with van der Waals surface area (Å²) in [5.41, 5.74) is 6.52. The van der Waals surface area contributed by atoms with Gasteiger partial charge in [0, 0.05) is 18.8 Å². The van der Waals surface area contributed by atoms with Crippen molar-refractivity contribution < 1.29 is 18.7 Å². The molecular weight excluding hydrogens is 405 g/mol. The van der Waals surface area contributed by atoms with Gasteiger partial charge in [0.15, 0.2) is 17.3 Å². The maximum Gasteiger partial charge on any atom is 0.263 e. The molecule has 162 valence electrons. The highest BCUT2D eigenvalue weighted by molar-refractivity contribution is 6.11. The van der Waals surface area contributed by atoms with Crippen LogP contribution in [0.4, 0.5) is 15.9 Å². The van der Waals surface area contributed by atoms with E-state index in [0.29, 0.717) is 17.5 Å². The van der Waals surface area contributed by atoms with E-state index in [1.165, 1.54) is 6.20 Å². The van der Waals surface area contributed by atoms with Gasteiger partial charge in [-0.2, -0.15) is 0 Å². The van der Waals surface area contributed by atoms with Gasteiger partial charge in [-0.05, 0) is 19.4 Å². The minimum Gasteiger partial charge on any atom is -0.487 e. The number of anilines is 2. The van der Waals surface area contributed by atoms with Crippen LogP contribution in [0.15, 0.2) is 30.9 Å². The molecule has 0 unspecified atom stereocenters. The molecule has 31 heavy (non-hydrogen) atoms. The van der Waals surface area contributed by atoms with Crippen molar-refractivity contribution in [2.75, 3.05) is 37.4 Å². The summed E-state index contributed by atoms with van der Waals surface area (Å²) in [7, 11) is 0. The first-order chi connectivity index (χ1) is 15.1. The molecule has 0 aromatic carbocycles. The second-order valence-electron chi connectivity index (χ2n) is 7.69. The summed E-state index contributed by atoms with van der Waals surface area (Å²) in [6, 6.07) is 2.17. The van der Waals surface area contributed by atoms with Gasteiger partial charge in [-0.1, -0.05) is 0 Å². The number of likely N-dealkylation sites (tertiary alicyclic amines) is 1. The maximum absolute atomic E-state index is 13.4. The largest absolute Gasteiger partial charge is 0.487 e. The average Bonchev–Trinajstić information content (AvgIpc) is 3.03. The van der Waals surface area contributed by atoms with Gasteiger partial charge in [0.1, 0.15) is 23.1 Å². The molecule has 3 aromatic heterocycles. The number of carbonyl (C=O) groups is 1. The van der Waals surface area contributed by atoms with E-state index in [0.717, 1.165) is 56.1 Å². The van der Waals surface area contributed by atoms with E-state index < -0.39 is 11.7 Å². The second-order valence-corrected chi connectivity index (χ2v) is 7.69. The number of nitrogens with two attached hydrogens (primary N) is 1. The Labute approximate surface area is 177 Å². The van der Waals surface area contributed by atoms with Crippen LogP contribution in [0.25, 0.3) is 5.65 Å². The van der Waals surface area contributed by atoms with Crippen LogP contribution >= 0.6 is 0 Å². The molecule has 10 nitrogen and oxygen atoms in total. The lowest BCUT2D eigenvalue weighted by molar-refractivity contribution is -0.0824. The fraction of sp³-hybridized carbons (Fsp3) is 0.400. The van der Waals surface area contributed by atoms with Crippen molar-refractivity contribution in [3.63, 3.8) is 0 Å². The van der Waals surface area contributed by atoms with Crippen LogP contribution in [0.2, 0.25) is 0 Å². The molecule has 11 heteroatoms. The molecule has 0 spiro atoms. The fourth-order valence-corrected chi connectivity index (χ4v) is 3.92. The molecule has 2 fully saturated rings. The number of rotatable bonds is 5. The highest BCUT2D eigenvalue weighted by atomic mass is 19.1. The lowest BCUT2D eigenvalue weighted by Crippen LogP contribution is -2.54. The SMILES string of the molecule is Nc1nn2cc(F)cnc2c1C(=O)Nc1cnccc1O[C@H]1CCCN(C2COC2)C1. The first kappa shape index (κ1) is 19.6. The molecule has 5 rings (SSSR count). The van der Waals surface area contributed by atoms with Gasteiger partial charge in [-0.15, -0.1) is 5.10 Å². The first-order valence-corrected chi connectivity index (χ1v) is 10.1. The van der Waals surface area contributed by atoms with Gasteiger partial charge in [0.05, 0.1) is 37.8 Å². The van der Waals surface area contributed by atoms with Crippen molar-refractivity contribution in [2.24, 2.45) is 0 Å². The minimum absolute atomic E-state index is 0.000842. The molecular formula is C20H22FN7O3. The van der Waals surface area contributed by atoms with E-state index in [2.05, 4.69) is 25.3 Å². The van der Waals surface area contributed by atoms with E-state index in [4.69, 9.17) is 15.2 Å². The molecule has 3 N–H and O–H groups in total. The van der Waals surface area contributed by atoms with E-state index >= 15 is 0 Å². The summed E-state index contributed by atoms with van der Waals surface area (Å²) in [5.74, 6) is -0.636. The molecule has 3 aromatic rings. The van der Waals surface area contributed by atoms with Crippen molar-refractivity contribution >= 4 is 23.1 Å². The number of nitrogens with zero attached hydrogens (tertiary/aromatic N) is 5. The first-order valence-electron chi connectivity index (χ1n) is 10.1. The van der Waals surface area contributed by atoms with Crippen LogP contribution in [0.3, 0.4) is 0 Å². The van der Waals surface area contributed by atoms with Crippen LogP contribution in [-0.4, -0.2) is 68.8 Å². The Kier molecular flexibility index (Phi) is 5.12. The highest BCUT2D eigenvalue weighted by Crippen LogP contribution is 2.28. The molecule has 2 aliphatic rings. The number of pyridine rings is 1. The number of nitrogen functional groups attached to an aromatic ring is 1. The molecule has 1 atom stereocenters. The molecule has 2 aliphatic heterocycles. The molecule has 0 bridgehead atoms. The van der Waals surface area contributed by atoms with Crippen LogP contribution in [0.1, 0.15) is 23.2 Å². The molecule has 0 aliphatic carbocycles. The zero-order valence-corrected chi connectivity index (χ0v) is 16.7. The normalized spacial score (nSPS) is 19.8. The lowest BCUT2D eigenvalue weighted by atomic mass is 10.0. The second kappa shape index (κ2) is 8.08. The predicted molar refractivity (Wildman–Crippen MR) is 109 cm³/mol. The monoisotopic (exact) mass is 427 g/mol. The van der Waals surface area contributed by atoms with Crippen molar-refractivity contribution in [1.29, 1.82) is 0 Å². The standard InChI is InChI=1S/C20H22FN7O3/c21-12-6-24-19-17(18(22)26-28(19)8-12)20(29)25-15-7-23-4-3-16(15)31-14-2-1-5-27(9-14)13-10-30-11-13/h3-4,6-8,13-14H,1-2,5,9-11H2,(H2,22,26)(H,25,29)/t14-/m0/s1. The molecule has 0 radical (unpaired) electrons. The Morgan fingerprint density at radius 1 is 1.35 bits per heavy atom. The van der Waals surface area contributed by atoms with Crippen LogP contribution in [-0.2, 0) is 4.74 Å². The zero-order valence-electron chi connectivity index (χ0n) is 16.7. The van der Waals surface area contributed by atoms with Crippen LogP contribution in [0, 0.1) is 5.82 Å². The number of amides is 1. The fourth-order valence-electron chi connectivity index (χ4n) is 3.92. The number of halogens is 1. The smallest absolute Gasteiger partial charge is 0.263 e. The van der Waals surface area contributed by atoms with Crippen molar-refractivity contribution in [1.82, 2.24) is 24.5 Å². The van der Waals surface area contributed by atoms with Crippen LogP contribution < -0.4 is 15.8 Å². The van der Waals surface area contributed by atoms with Gasteiger partial charge in [-0.25, -0.2) is 13.9 Å². The Hall–Kier alpha value is -3.31. The Bertz CT molecular complexity index is 1120. The quantitative estimate of drug-likeness (QED) is 0.626. The average molecular weight is 427 g/mol. The molecule has 1 amide bonds. The summed E-state index contributed by atoms with van der Waals surface area (Å²) in [6.45, 7) is 3.38. The topological polar surface area (TPSA) is 120 Å². The lowest BCUT2D eigenvalue weighted by Gasteiger charge is -2.41. The molecule has 2 saturated heterocycles. The number of hydrogen-bond donors (Lipinski definition) is 2. The number of hydrogen-bond acceptors (Lipinski definition) is 8. The van der Waals surface area contributed by atoms with E-state index in [9.17, 15) is 9.18 Å². The van der Waals surface area contributed by atoms with Gasteiger partial charge >= 0.3 is 0 Å². The van der Waals surface area contributed by atoms with Crippen molar-refractivity contribution in [3.05, 3.63) is 42.2 Å². The third-order valence-electron chi connectivity index (χ3n) is 5.56. The zero-order chi connectivity index (χ0) is 21.4. The van der Waals surface area contributed by atoms with E-state index in [1.54, 1.807) is 12.3 Å². The van der Waals surface area contributed by atoms with E-state index in [1.807, 2.05) is 0 Å². The molecule has 0 saturated carbocycles. The number of ether oxygens (including phenoxy) is 2. The number of nitrogens with one attached hydrogen (secondary N) is 1. The van der Waals surface area contributed by atoms with Gasteiger partial charge in [0.2, 0.25) is 0 Å². The van der Waals surface area contributed by atoms with Gasteiger partial charge < -0.3 is 20.5 Å². The van der Waals surface area contributed by atoms with E-state index in [-0.39, 0.29) is 23.1 Å². The summed E-state index contributed by atoms with van der Waals surface area (Å²) < 4.78 is 26.1. The van der Waals surface area contributed by atoms with Crippen molar-refractivity contribution in [2.45, 2.75) is 25.0 Å². The van der Waals surface area contributed by atoms with Crippen molar-refractivity contribution in [3.8, 4) is 5.75 Å². The summed E-state index contributed by atoms with van der Waals surface area (Å²) in [4.78, 5) is 23.4.